The highest BCUT2D eigenvalue weighted by atomic mass is 127. The number of rotatable bonds is 5. The third kappa shape index (κ3) is 5.48. The van der Waals surface area contributed by atoms with Gasteiger partial charge in [-0.05, 0) is 49.6 Å². The summed E-state index contributed by atoms with van der Waals surface area (Å²) in [7, 11) is 1.64. The van der Waals surface area contributed by atoms with Crippen molar-refractivity contribution in [3.05, 3.63) is 47.7 Å². The molecule has 0 atom stereocenters. The average molecular weight is 467 g/mol. The summed E-state index contributed by atoms with van der Waals surface area (Å²) < 4.78 is 5.21. The molecule has 0 amide bonds. The standard InChI is InChI=1S/C19H25N5O.HI/c1-14-10-15(11-18(22-14)24-8-3-4-9-24)13-21-19(20)23-16-6-5-7-17(12-16)25-2;/h5-7,10-12H,3-4,8-9,13H2,1-2H3,(H3,20,21,23);1H. The van der Waals surface area contributed by atoms with E-state index in [-0.39, 0.29) is 24.0 Å². The fourth-order valence-corrected chi connectivity index (χ4v) is 2.99. The molecule has 0 radical (unpaired) electrons. The van der Waals surface area contributed by atoms with Gasteiger partial charge in [0, 0.05) is 30.5 Å². The molecule has 7 heteroatoms. The molecule has 1 aliphatic heterocycles. The van der Waals surface area contributed by atoms with Gasteiger partial charge in [-0.3, -0.25) is 0 Å². The smallest absolute Gasteiger partial charge is 0.193 e. The van der Waals surface area contributed by atoms with Gasteiger partial charge in [-0.1, -0.05) is 6.07 Å². The van der Waals surface area contributed by atoms with E-state index in [1.807, 2.05) is 31.2 Å². The molecule has 3 rings (SSSR count). The number of benzene rings is 1. The number of anilines is 2. The minimum atomic E-state index is 0. The second-order valence-corrected chi connectivity index (χ2v) is 6.23. The summed E-state index contributed by atoms with van der Waals surface area (Å²) >= 11 is 0. The minimum absolute atomic E-state index is 0. The number of pyridine rings is 1. The monoisotopic (exact) mass is 467 g/mol. The molecule has 0 unspecified atom stereocenters. The Balaban J connectivity index is 0.00000243. The molecule has 1 aromatic heterocycles. The minimum Gasteiger partial charge on any atom is -0.497 e. The summed E-state index contributed by atoms with van der Waals surface area (Å²) in [4.78, 5) is 11.4. The first-order valence-corrected chi connectivity index (χ1v) is 8.57. The van der Waals surface area contributed by atoms with Crippen LogP contribution in [0.25, 0.3) is 0 Å². The molecule has 0 saturated carbocycles. The molecule has 0 bridgehead atoms. The third-order valence-corrected chi connectivity index (χ3v) is 4.20. The molecule has 1 fully saturated rings. The van der Waals surface area contributed by atoms with E-state index < -0.39 is 0 Å². The SMILES string of the molecule is COc1cccc(NC(N)=NCc2cc(C)nc(N3CCCC3)c2)c1.I. The zero-order valence-electron chi connectivity index (χ0n) is 15.2. The molecule has 3 N–H and O–H groups in total. The number of nitrogens with two attached hydrogens (primary N) is 1. The Morgan fingerprint density at radius 1 is 1.27 bits per heavy atom. The number of aliphatic imine (C=N–C) groups is 1. The van der Waals surface area contributed by atoms with Crippen molar-refractivity contribution in [2.75, 3.05) is 30.4 Å². The van der Waals surface area contributed by atoms with Gasteiger partial charge in [-0.2, -0.15) is 0 Å². The molecule has 0 spiro atoms. The van der Waals surface area contributed by atoms with E-state index in [9.17, 15) is 0 Å². The van der Waals surface area contributed by atoms with Gasteiger partial charge in [0.15, 0.2) is 5.96 Å². The van der Waals surface area contributed by atoms with E-state index in [2.05, 4.69) is 32.3 Å². The van der Waals surface area contributed by atoms with E-state index >= 15 is 0 Å². The van der Waals surface area contributed by atoms with Crippen LogP contribution >= 0.6 is 24.0 Å². The Morgan fingerprint density at radius 2 is 2.04 bits per heavy atom. The molecule has 6 nitrogen and oxygen atoms in total. The summed E-state index contributed by atoms with van der Waals surface area (Å²) in [6.07, 6.45) is 2.47. The fraction of sp³-hybridized carbons (Fsp3) is 0.368. The second-order valence-electron chi connectivity index (χ2n) is 6.23. The predicted octanol–water partition coefficient (Wildman–Crippen LogP) is 3.54. The number of aromatic nitrogens is 1. The molecule has 2 heterocycles. The highest BCUT2D eigenvalue weighted by molar-refractivity contribution is 14.0. The van der Waals surface area contributed by atoms with Crippen LogP contribution in [-0.2, 0) is 6.54 Å². The van der Waals surface area contributed by atoms with Crippen molar-refractivity contribution < 1.29 is 4.74 Å². The van der Waals surface area contributed by atoms with Crippen LogP contribution in [-0.4, -0.2) is 31.1 Å². The number of ether oxygens (including phenoxy) is 1. The van der Waals surface area contributed by atoms with Crippen molar-refractivity contribution in [1.82, 2.24) is 4.98 Å². The second kappa shape index (κ2) is 9.61. The quantitative estimate of drug-likeness (QED) is 0.400. The van der Waals surface area contributed by atoms with Gasteiger partial charge in [0.05, 0.1) is 13.7 Å². The van der Waals surface area contributed by atoms with Crippen molar-refractivity contribution in [2.45, 2.75) is 26.3 Å². The van der Waals surface area contributed by atoms with Crippen LogP contribution in [0.2, 0.25) is 0 Å². The molecule has 1 aromatic carbocycles. The number of methoxy groups -OCH3 is 1. The average Bonchev–Trinajstić information content (AvgIpc) is 3.14. The molecule has 1 aliphatic rings. The first kappa shape index (κ1) is 20.3. The molecule has 1 saturated heterocycles. The van der Waals surface area contributed by atoms with Crippen molar-refractivity contribution in [1.29, 1.82) is 0 Å². The number of nitrogens with zero attached hydrogens (tertiary/aromatic N) is 3. The topological polar surface area (TPSA) is 75.8 Å². The summed E-state index contributed by atoms with van der Waals surface area (Å²) in [6.45, 7) is 4.70. The molecular weight excluding hydrogens is 441 g/mol. The lowest BCUT2D eigenvalue weighted by atomic mass is 10.2. The lowest BCUT2D eigenvalue weighted by Crippen LogP contribution is -2.22. The number of aryl methyl sites for hydroxylation is 1. The van der Waals surface area contributed by atoms with Crippen molar-refractivity contribution in [3.63, 3.8) is 0 Å². The highest BCUT2D eigenvalue weighted by Gasteiger charge is 2.14. The van der Waals surface area contributed by atoms with Gasteiger partial charge in [-0.15, -0.1) is 24.0 Å². The maximum atomic E-state index is 6.02. The Bertz CT molecular complexity index is 759. The number of hydrogen-bond donors (Lipinski definition) is 2. The first-order chi connectivity index (χ1) is 12.1. The number of guanidine groups is 1. The Kier molecular flexibility index (Phi) is 7.50. The van der Waals surface area contributed by atoms with Crippen LogP contribution in [0.4, 0.5) is 11.5 Å². The Morgan fingerprint density at radius 3 is 2.77 bits per heavy atom. The van der Waals surface area contributed by atoms with E-state index in [0.717, 1.165) is 41.6 Å². The van der Waals surface area contributed by atoms with Crippen molar-refractivity contribution >= 4 is 41.4 Å². The number of hydrogen-bond acceptors (Lipinski definition) is 4. The van der Waals surface area contributed by atoms with Gasteiger partial charge in [0.25, 0.3) is 0 Å². The van der Waals surface area contributed by atoms with Crippen molar-refractivity contribution in [2.24, 2.45) is 10.7 Å². The maximum absolute atomic E-state index is 6.02. The highest BCUT2D eigenvalue weighted by Crippen LogP contribution is 2.20. The van der Waals surface area contributed by atoms with E-state index in [1.54, 1.807) is 7.11 Å². The van der Waals surface area contributed by atoms with Gasteiger partial charge >= 0.3 is 0 Å². The van der Waals surface area contributed by atoms with Crippen LogP contribution in [0.3, 0.4) is 0 Å². The van der Waals surface area contributed by atoms with E-state index in [1.165, 1.54) is 12.8 Å². The van der Waals surface area contributed by atoms with Gasteiger partial charge < -0.3 is 20.7 Å². The van der Waals surface area contributed by atoms with Crippen LogP contribution < -0.4 is 20.7 Å². The normalized spacial score (nSPS) is 14.1. The van der Waals surface area contributed by atoms with E-state index in [4.69, 9.17) is 10.5 Å². The summed E-state index contributed by atoms with van der Waals surface area (Å²) in [5.74, 6) is 2.20. The zero-order valence-corrected chi connectivity index (χ0v) is 17.6. The summed E-state index contributed by atoms with van der Waals surface area (Å²) in [5, 5.41) is 3.09. The van der Waals surface area contributed by atoms with Gasteiger partial charge in [-0.25, -0.2) is 9.98 Å². The van der Waals surface area contributed by atoms with Crippen LogP contribution in [0.1, 0.15) is 24.1 Å². The maximum Gasteiger partial charge on any atom is 0.193 e. The van der Waals surface area contributed by atoms with Crippen LogP contribution in [0.5, 0.6) is 5.75 Å². The number of nitrogens with one attached hydrogen (secondary N) is 1. The lowest BCUT2D eigenvalue weighted by Gasteiger charge is -2.17. The van der Waals surface area contributed by atoms with Crippen LogP contribution in [0, 0.1) is 6.92 Å². The largest absolute Gasteiger partial charge is 0.497 e. The molecule has 140 valence electrons. The predicted molar refractivity (Wildman–Crippen MR) is 118 cm³/mol. The molecular formula is C19H26IN5O. The number of halogens is 1. The van der Waals surface area contributed by atoms with E-state index in [0.29, 0.717) is 12.5 Å². The summed E-state index contributed by atoms with van der Waals surface area (Å²) in [5.41, 5.74) is 8.99. The molecule has 0 aliphatic carbocycles. The van der Waals surface area contributed by atoms with Gasteiger partial charge in [0.2, 0.25) is 0 Å². The zero-order chi connectivity index (χ0) is 17.6. The Hall–Kier alpha value is -2.03. The molecule has 2 aromatic rings. The first-order valence-electron chi connectivity index (χ1n) is 8.57. The van der Waals surface area contributed by atoms with Crippen LogP contribution in [0.15, 0.2) is 41.4 Å². The van der Waals surface area contributed by atoms with Gasteiger partial charge in [0.1, 0.15) is 11.6 Å². The van der Waals surface area contributed by atoms with Crippen molar-refractivity contribution in [3.8, 4) is 5.75 Å². The lowest BCUT2D eigenvalue weighted by molar-refractivity contribution is 0.415. The summed E-state index contributed by atoms with van der Waals surface area (Å²) in [6, 6.07) is 11.8. The molecule has 26 heavy (non-hydrogen) atoms. The fourth-order valence-electron chi connectivity index (χ4n) is 2.99. The Labute approximate surface area is 171 Å². The third-order valence-electron chi connectivity index (χ3n) is 4.20.